The van der Waals surface area contributed by atoms with Crippen molar-refractivity contribution in [2.75, 3.05) is 6.61 Å². The number of aromatic nitrogens is 2. The first-order chi connectivity index (χ1) is 7.56. The number of carbonyl (C=O) groups is 1. The Bertz CT molecular complexity index is 355. The topological polar surface area (TPSA) is 92.5 Å². The zero-order valence-corrected chi connectivity index (χ0v) is 9.12. The zero-order chi connectivity index (χ0) is 12.1. The van der Waals surface area contributed by atoms with Crippen molar-refractivity contribution in [3.05, 3.63) is 18.2 Å². The van der Waals surface area contributed by atoms with E-state index >= 15 is 0 Å². The van der Waals surface area contributed by atoms with E-state index in [1.807, 2.05) is 0 Å². The van der Waals surface area contributed by atoms with E-state index in [2.05, 4.69) is 9.97 Å². The lowest BCUT2D eigenvalue weighted by molar-refractivity contribution is -0.144. The first-order valence-electron chi connectivity index (χ1n) is 4.90. The Balaban J connectivity index is 2.77. The average molecular weight is 224 g/mol. The standard InChI is InChI=1S/C9H13BN2O4/c1-3-16-9(13)6(2)8-11-4-7(5-12-8)10(14)15/h4-6,14-15H,3H2,1-2H3. The number of hydrogen-bond donors (Lipinski definition) is 2. The van der Waals surface area contributed by atoms with Crippen LogP contribution >= 0.6 is 0 Å². The Morgan fingerprint density at radius 2 is 2.06 bits per heavy atom. The van der Waals surface area contributed by atoms with Crippen LogP contribution in [0.25, 0.3) is 0 Å². The van der Waals surface area contributed by atoms with Crippen molar-refractivity contribution in [1.82, 2.24) is 9.97 Å². The normalized spacial score (nSPS) is 12.0. The van der Waals surface area contributed by atoms with Crippen LogP contribution in [0.3, 0.4) is 0 Å². The van der Waals surface area contributed by atoms with Gasteiger partial charge in [0, 0.05) is 17.9 Å². The first kappa shape index (κ1) is 12.6. The van der Waals surface area contributed by atoms with Gasteiger partial charge < -0.3 is 14.8 Å². The summed E-state index contributed by atoms with van der Waals surface area (Å²) in [4.78, 5) is 19.1. The van der Waals surface area contributed by atoms with Crippen LogP contribution in [0.5, 0.6) is 0 Å². The van der Waals surface area contributed by atoms with Gasteiger partial charge in [0.25, 0.3) is 0 Å². The van der Waals surface area contributed by atoms with E-state index < -0.39 is 19.0 Å². The molecule has 1 rings (SSSR count). The van der Waals surface area contributed by atoms with Gasteiger partial charge in [-0.05, 0) is 13.8 Å². The summed E-state index contributed by atoms with van der Waals surface area (Å²) < 4.78 is 4.82. The molecule has 0 aliphatic heterocycles. The van der Waals surface area contributed by atoms with Crippen molar-refractivity contribution >= 4 is 18.6 Å². The molecule has 0 saturated carbocycles. The molecular formula is C9H13BN2O4. The summed E-state index contributed by atoms with van der Waals surface area (Å²) in [5.41, 5.74) is 0.180. The van der Waals surface area contributed by atoms with E-state index in [4.69, 9.17) is 14.8 Å². The highest BCUT2D eigenvalue weighted by Gasteiger charge is 2.20. The largest absolute Gasteiger partial charge is 0.491 e. The molecule has 0 spiro atoms. The molecule has 0 fully saturated rings. The lowest BCUT2D eigenvalue weighted by Crippen LogP contribution is -2.31. The minimum Gasteiger partial charge on any atom is -0.465 e. The Morgan fingerprint density at radius 1 is 1.50 bits per heavy atom. The minimum absolute atomic E-state index is 0.180. The Kier molecular flexibility index (Phi) is 4.39. The van der Waals surface area contributed by atoms with Crippen LogP contribution in [0, 0.1) is 0 Å². The van der Waals surface area contributed by atoms with E-state index in [0.717, 1.165) is 0 Å². The van der Waals surface area contributed by atoms with E-state index in [1.165, 1.54) is 12.4 Å². The Hall–Kier alpha value is -1.47. The number of hydrogen-bond acceptors (Lipinski definition) is 6. The van der Waals surface area contributed by atoms with Gasteiger partial charge in [0.2, 0.25) is 0 Å². The predicted molar refractivity (Wildman–Crippen MR) is 56.9 cm³/mol. The third-order valence-electron chi connectivity index (χ3n) is 2.02. The van der Waals surface area contributed by atoms with Crippen molar-refractivity contribution in [2.45, 2.75) is 19.8 Å². The van der Waals surface area contributed by atoms with Gasteiger partial charge in [-0.2, -0.15) is 0 Å². The maximum Gasteiger partial charge on any atom is 0.491 e. The van der Waals surface area contributed by atoms with Crippen molar-refractivity contribution in [3.63, 3.8) is 0 Å². The number of nitrogens with zero attached hydrogens (tertiary/aromatic N) is 2. The van der Waals surface area contributed by atoms with Crippen LogP contribution in [0.4, 0.5) is 0 Å². The second kappa shape index (κ2) is 5.57. The zero-order valence-electron chi connectivity index (χ0n) is 9.12. The molecule has 2 N–H and O–H groups in total. The number of ether oxygens (including phenoxy) is 1. The molecule has 86 valence electrons. The fourth-order valence-corrected chi connectivity index (χ4v) is 1.08. The molecular weight excluding hydrogens is 211 g/mol. The Labute approximate surface area is 93.5 Å². The monoisotopic (exact) mass is 224 g/mol. The minimum atomic E-state index is -1.60. The molecule has 0 aromatic carbocycles. The van der Waals surface area contributed by atoms with Crippen LogP contribution in [0.1, 0.15) is 25.6 Å². The van der Waals surface area contributed by atoms with Gasteiger partial charge in [-0.1, -0.05) is 0 Å². The molecule has 0 radical (unpaired) electrons. The van der Waals surface area contributed by atoms with Gasteiger partial charge in [-0.25, -0.2) is 9.97 Å². The Morgan fingerprint density at radius 3 is 2.50 bits per heavy atom. The SMILES string of the molecule is CCOC(=O)C(C)c1ncc(B(O)O)cn1. The molecule has 1 heterocycles. The number of esters is 1. The van der Waals surface area contributed by atoms with Gasteiger partial charge >= 0.3 is 13.1 Å². The third-order valence-corrected chi connectivity index (χ3v) is 2.02. The predicted octanol–water partition coefficient (Wildman–Crippen LogP) is -1.18. The fourth-order valence-electron chi connectivity index (χ4n) is 1.08. The van der Waals surface area contributed by atoms with Crippen LogP contribution < -0.4 is 5.46 Å². The molecule has 0 aliphatic rings. The maximum absolute atomic E-state index is 11.4. The molecule has 6 nitrogen and oxygen atoms in total. The first-order valence-corrected chi connectivity index (χ1v) is 4.90. The molecule has 1 unspecified atom stereocenters. The molecule has 16 heavy (non-hydrogen) atoms. The highest BCUT2D eigenvalue weighted by Crippen LogP contribution is 2.10. The second-order valence-electron chi connectivity index (χ2n) is 3.22. The highest BCUT2D eigenvalue weighted by atomic mass is 16.5. The smallest absolute Gasteiger partial charge is 0.465 e. The van der Waals surface area contributed by atoms with Crippen molar-refractivity contribution in [3.8, 4) is 0 Å². The summed E-state index contributed by atoms with van der Waals surface area (Å²) in [5.74, 6) is -0.674. The van der Waals surface area contributed by atoms with Crippen molar-refractivity contribution in [2.24, 2.45) is 0 Å². The van der Waals surface area contributed by atoms with Crippen LogP contribution in [-0.4, -0.2) is 39.7 Å². The van der Waals surface area contributed by atoms with Gasteiger partial charge in [-0.15, -0.1) is 0 Å². The quantitative estimate of drug-likeness (QED) is 0.494. The molecule has 0 aliphatic carbocycles. The lowest BCUT2D eigenvalue weighted by Gasteiger charge is -2.09. The van der Waals surface area contributed by atoms with Crippen molar-refractivity contribution < 1.29 is 19.6 Å². The molecule has 1 aromatic rings. The number of rotatable bonds is 4. The number of carbonyl (C=O) groups excluding carboxylic acids is 1. The third kappa shape index (κ3) is 3.01. The molecule has 7 heteroatoms. The maximum atomic E-state index is 11.4. The van der Waals surface area contributed by atoms with E-state index in [1.54, 1.807) is 13.8 Å². The summed E-state index contributed by atoms with van der Waals surface area (Å²) >= 11 is 0. The van der Waals surface area contributed by atoms with Gasteiger partial charge in [0.1, 0.15) is 11.7 Å². The molecule has 1 atom stereocenters. The van der Waals surface area contributed by atoms with Crippen LogP contribution in [-0.2, 0) is 9.53 Å². The summed E-state index contributed by atoms with van der Waals surface area (Å²) in [6.07, 6.45) is 2.53. The van der Waals surface area contributed by atoms with Gasteiger partial charge in [0.15, 0.2) is 0 Å². The fraction of sp³-hybridized carbons (Fsp3) is 0.444. The van der Waals surface area contributed by atoms with Crippen LogP contribution in [0.2, 0.25) is 0 Å². The summed E-state index contributed by atoms with van der Waals surface area (Å²) in [6, 6.07) is 0. The lowest BCUT2D eigenvalue weighted by atomic mass is 9.83. The second-order valence-corrected chi connectivity index (χ2v) is 3.22. The summed E-state index contributed by atoms with van der Waals surface area (Å²) in [7, 11) is -1.60. The average Bonchev–Trinajstić information content (AvgIpc) is 2.28. The van der Waals surface area contributed by atoms with Gasteiger partial charge in [0.05, 0.1) is 6.61 Å². The van der Waals surface area contributed by atoms with Gasteiger partial charge in [-0.3, -0.25) is 4.79 Å². The van der Waals surface area contributed by atoms with Crippen LogP contribution in [0.15, 0.2) is 12.4 Å². The van der Waals surface area contributed by atoms with E-state index in [-0.39, 0.29) is 5.46 Å². The molecule has 1 aromatic heterocycles. The molecule has 0 bridgehead atoms. The summed E-state index contributed by atoms with van der Waals surface area (Å²) in [6.45, 7) is 3.65. The van der Waals surface area contributed by atoms with E-state index in [0.29, 0.717) is 12.4 Å². The van der Waals surface area contributed by atoms with Crippen molar-refractivity contribution in [1.29, 1.82) is 0 Å². The highest BCUT2D eigenvalue weighted by molar-refractivity contribution is 6.58. The summed E-state index contributed by atoms with van der Waals surface area (Å²) in [5, 5.41) is 17.7. The molecule has 0 amide bonds. The van der Waals surface area contributed by atoms with E-state index in [9.17, 15) is 4.79 Å². The molecule has 0 saturated heterocycles.